The Hall–Kier alpha value is -2.52. The molecule has 0 aliphatic carbocycles. The van der Waals surface area contributed by atoms with E-state index in [1.807, 2.05) is 6.92 Å². The zero-order valence-corrected chi connectivity index (χ0v) is 16.1. The van der Waals surface area contributed by atoms with Crippen molar-refractivity contribution in [3.63, 3.8) is 0 Å². The molecule has 0 fully saturated rings. The zero-order chi connectivity index (χ0) is 19.6. The Morgan fingerprint density at radius 3 is 2.81 bits per heavy atom. The Kier molecular flexibility index (Phi) is 8.15. The maximum absolute atomic E-state index is 13.8. The highest BCUT2D eigenvalue weighted by Crippen LogP contribution is 2.17. The fourth-order valence-corrected chi connectivity index (χ4v) is 3.03. The van der Waals surface area contributed by atoms with Crippen LogP contribution in [0, 0.1) is 5.82 Å². The van der Waals surface area contributed by atoms with Gasteiger partial charge in [-0.05, 0) is 25.5 Å². The van der Waals surface area contributed by atoms with Crippen molar-refractivity contribution in [3.8, 4) is 0 Å². The molecule has 9 heteroatoms. The molecule has 0 saturated heterocycles. The fraction of sp³-hybridized carbons (Fsp3) is 0.389. The molecule has 1 aromatic heterocycles. The van der Waals surface area contributed by atoms with Gasteiger partial charge in [0.25, 0.3) is 0 Å². The van der Waals surface area contributed by atoms with Crippen LogP contribution in [0.15, 0.2) is 29.6 Å². The predicted molar refractivity (Wildman–Crippen MR) is 100 cm³/mol. The van der Waals surface area contributed by atoms with Crippen LogP contribution in [-0.2, 0) is 16.0 Å². The number of carbonyl (C=O) groups is 2. The molecule has 2 amide bonds. The molecule has 2 aromatic rings. The Bertz CT molecular complexity index is 769. The quantitative estimate of drug-likeness (QED) is 0.519. The average Bonchev–Trinajstić information content (AvgIpc) is 3.14. The lowest BCUT2D eigenvalue weighted by atomic mass is 10.3. The first-order valence-electron chi connectivity index (χ1n) is 8.46. The van der Waals surface area contributed by atoms with Gasteiger partial charge < -0.3 is 19.7 Å². The number of hydrogen-bond donors (Lipinski definition) is 1. The van der Waals surface area contributed by atoms with E-state index >= 15 is 0 Å². The van der Waals surface area contributed by atoms with Gasteiger partial charge in [0.05, 0.1) is 19.3 Å². The van der Waals surface area contributed by atoms with Crippen molar-refractivity contribution in [1.82, 2.24) is 9.88 Å². The number of methoxy groups -OCH3 is 1. The van der Waals surface area contributed by atoms with Gasteiger partial charge in [-0.3, -0.25) is 0 Å². The standard InChI is InChI=1S/C18H22FN3O4S/c1-3-26-10-6-9-22(11-16-20-15(12-27-16)17(23)25-2)18(24)21-14-8-5-4-7-13(14)19/h4-5,7-8,12H,3,6,9-11H2,1-2H3,(H,21,24). The van der Waals surface area contributed by atoms with Crippen LogP contribution in [0.25, 0.3) is 0 Å². The summed E-state index contributed by atoms with van der Waals surface area (Å²) in [6, 6.07) is 5.51. The lowest BCUT2D eigenvalue weighted by Gasteiger charge is -2.22. The summed E-state index contributed by atoms with van der Waals surface area (Å²) in [5, 5.41) is 4.73. The summed E-state index contributed by atoms with van der Waals surface area (Å²) in [7, 11) is 1.28. The van der Waals surface area contributed by atoms with Crippen LogP contribution in [0.4, 0.5) is 14.9 Å². The summed E-state index contributed by atoms with van der Waals surface area (Å²) in [4.78, 5) is 29.9. The van der Waals surface area contributed by atoms with Crippen molar-refractivity contribution in [2.24, 2.45) is 0 Å². The number of benzene rings is 1. The summed E-state index contributed by atoms with van der Waals surface area (Å²) in [5.41, 5.74) is 0.299. The normalized spacial score (nSPS) is 10.5. The second-order valence-electron chi connectivity index (χ2n) is 5.50. The average molecular weight is 395 g/mol. The number of hydrogen-bond acceptors (Lipinski definition) is 6. The van der Waals surface area contributed by atoms with E-state index in [1.54, 1.807) is 17.5 Å². The number of nitrogens with one attached hydrogen (secondary N) is 1. The lowest BCUT2D eigenvalue weighted by molar-refractivity contribution is 0.0594. The van der Waals surface area contributed by atoms with Crippen molar-refractivity contribution in [2.45, 2.75) is 19.9 Å². The molecule has 0 saturated carbocycles. The van der Waals surface area contributed by atoms with Gasteiger partial charge in [-0.25, -0.2) is 19.0 Å². The highest BCUT2D eigenvalue weighted by Gasteiger charge is 2.18. The first kappa shape index (κ1) is 20.8. The molecule has 0 unspecified atom stereocenters. The van der Waals surface area contributed by atoms with Crippen LogP contribution in [0.3, 0.4) is 0 Å². The molecular formula is C18H22FN3O4S. The van der Waals surface area contributed by atoms with Gasteiger partial charge in [-0.15, -0.1) is 11.3 Å². The van der Waals surface area contributed by atoms with Crippen molar-refractivity contribution in [2.75, 3.05) is 32.2 Å². The number of anilines is 1. The van der Waals surface area contributed by atoms with Gasteiger partial charge >= 0.3 is 12.0 Å². The maximum atomic E-state index is 13.8. The zero-order valence-electron chi connectivity index (χ0n) is 15.2. The minimum atomic E-state index is -0.531. The topological polar surface area (TPSA) is 80.8 Å². The number of thiazole rings is 1. The van der Waals surface area contributed by atoms with E-state index in [1.165, 1.54) is 35.5 Å². The second kappa shape index (κ2) is 10.6. The molecule has 7 nitrogen and oxygen atoms in total. The molecule has 0 radical (unpaired) electrons. The van der Waals surface area contributed by atoms with Crippen molar-refractivity contribution < 1.29 is 23.5 Å². The Labute approximate surface area is 161 Å². The van der Waals surface area contributed by atoms with Crippen LogP contribution >= 0.6 is 11.3 Å². The summed E-state index contributed by atoms with van der Waals surface area (Å²) in [5.74, 6) is -1.04. The Morgan fingerprint density at radius 1 is 1.33 bits per heavy atom. The number of aromatic nitrogens is 1. The third kappa shape index (κ3) is 6.30. The van der Waals surface area contributed by atoms with Crippen LogP contribution in [-0.4, -0.2) is 48.8 Å². The Balaban J connectivity index is 2.07. The van der Waals surface area contributed by atoms with Crippen molar-refractivity contribution in [1.29, 1.82) is 0 Å². The maximum Gasteiger partial charge on any atom is 0.357 e. The fourth-order valence-electron chi connectivity index (χ4n) is 2.26. The van der Waals surface area contributed by atoms with E-state index < -0.39 is 17.8 Å². The molecule has 0 spiro atoms. The second-order valence-corrected chi connectivity index (χ2v) is 6.44. The molecule has 1 heterocycles. The van der Waals surface area contributed by atoms with Crippen molar-refractivity contribution >= 4 is 29.0 Å². The lowest BCUT2D eigenvalue weighted by Crippen LogP contribution is -2.36. The highest BCUT2D eigenvalue weighted by molar-refractivity contribution is 7.09. The minimum absolute atomic E-state index is 0.103. The van der Waals surface area contributed by atoms with E-state index in [4.69, 9.17) is 4.74 Å². The summed E-state index contributed by atoms with van der Waals surface area (Å²) in [6.07, 6.45) is 0.619. The smallest absolute Gasteiger partial charge is 0.357 e. The van der Waals surface area contributed by atoms with Crippen LogP contribution in [0.5, 0.6) is 0 Å². The number of esters is 1. The van der Waals surface area contributed by atoms with Crippen LogP contribution < -0.4 is 5.32 Å². The van der Waals surface area contributed by atoms with Gasteiger partial charge in [-0.1, -0.05) is 12.1 Å². The molecule has 1 N–H and O–H groups in total. The molecular weight excluding hydrogens is 373 g/mol. The monoisotopic (exact) mass is 395 g/mol. The van der Waals surface area contributed by atoms with E-state index in [0.29, 0.717) is 31.2 Å². The summed E-state index contributed by atoms with van der Waals surface area (Å²) in [6.45, 7) is 3.58. The number of nitrogens with zero attached hydrogens (tertiary/aromatic N) is 2. The highest BCUT2D eigenvalue weighted by atomic mass is 32.1. The van der Waals surface area contributed by atoms with Crippen LogP contribution in [0.1, 0.15) is 28.8 Å². The number of carbonyl (C=O) groups excluding carboxylic acids is 2. The molecule has 0 bridgehead atoms. The third-order valence-electron chi connectivity index (χ3n) is 3.60. The van der Waals surface area contributed by atoms with E-state index in [2.05, 4.69) is 15.0 Å². The first-order valence-corrected chi connectivity index (χ1v) is 9.34. The third-order valence-corrected chi connectivity index (χ3v) is 4.43. The molecule has 0 atom stereocenters. The number of urea groups is 1. The van der Waals surface area contributed by atoms with Gasteiger partial charge in [0.1, 0.15) is 10.8 Å². The number of halogens is 1. The van der Waals surface area contributed by atoms with Gasteiger partial charge in [0.2, 0.25) is 0 Å². The molecule has 0 aliphatic rings. The molecule has 146 valence electrons. The summed E-state index contributed by atoms with van der Waals surface area (Å²) < 4.78 is 23.8. The SMILES string of the molecule is CCOCCCN(Cc1nc(C(=O)OC)cs1)C(=O)Nc1ccccc1F. The Morgan fingerprint density at radius 2 is 2.11 bits per heavy atom. The van der Waals surface area contributed by atoms with E-state index in [-0.39, 0.29) is 17.9 Å². The molecule has 1 aromatic carbocycles. The predicted octanol–water partition coefficient (Wildman–Crippen LogP) is 3.53. The summed E-state index contributed by atoms with van der Waals surface area (Å²) >= 11 is 1.25. The molecule has 0 aliphatic heterocycles. The van der Waals surface area contributed by atoms with Crippen molar-refractivity contribution in [3.05, 3.63) is 46.2 Å². The molecule has 2 rings (SSSR count). The minimum Gasteiger partial charge on any atom is -0.464 e. The number of ether oxygens (including phenoxy) is 2. The number of rotatable bonds is 9. The largest absolute Gasteiger partial charge is 0.464 e. The van der Waals surface area contributed by atoms with Crippen LogP contribution in [0.2, 0.25) is 0 Å². The van der Waals surface area contributed by atoms with Gasteiger partial charge in [-0.2, -0.15) is 0 Å². The van der Waals surface area contributed by atoms with E-state index in [9.17, 15) is 14.0 Å². The molecule has 27 heavy (non-hydrogen) atoms. The number of para-hydroxylation sites is 1. The van der Waals surface area contributed by atoms with Gasteiger partial charge in [0.15, 0.2) is 5.69 Å². The number of amides is 2. The van der Waals surface area contributed by atoms with E-state index in [0.717, 1.165) is 0 Å². The first-order chi connectivity index (χ1) is 13.0. The van der Waals surface area contributed by atoms with Gasteiger partial charge in [0, 0.05) is 25.1 Å².